The van der Waals surface area contributed by atoms with Crippen molar-refractivity contribution in [3.63, 3.8) is 0 Å². The first kappa shape index (κ1) is 25.4. The second kappa shape index (κ2) is 10.4. The molecule has 0 aliphatic carbocycles. The summed E-state index contributed by atoms with van der Waals surface area (Å²) in [6, 6.07) is 17.3. The van der Waals surface area contributed by atoms with Crippen LogP contribution in [0.3, 0.4) is 0 Å². The lowest BCUT2D eigenvalue weighted by atomic mass is 9.85. The molecular formula is C26H30N2O5S. The van der Waals surface area contributed by atoms with E-state index in [1.807, 2.05) is 55.7 Å². The van der Waals surface area contributed by atoms with Crippen LogP contribution in [-0.2, 0) is 19.6 Å². The van der Waals surface area contributed by atoms with Gasteiger partial charge in [-0.2, -0.15) is 0 Å². The average Bonchev–Trinajstić information content (AvgIpc) is 3.11. The number of rotatable bonds is 9. The Hall–Kier alpha value is -3.23. The van der Waals surface area contributed by atoms with Gasteiger partial charge in [0.25, 0.3) is 0 Å². The fourth-order valence-electron chi connectivity index (χ4n) is 4.12. The molecule has 34 heavy (non-hydrogen) atoms. The summed E-state index contributed by atoms with van der Waals surface area (Å²) in [5, 5.41) is 5.17. The summed E-state index contributed by atoms with van der Waals surface area (Å²) in [4.78, 5) is 25.9. The van der Waals surface area contributed by atoms with Crippen LogP contribution in [0.1, 0.15) is 53.5 Å². The number of benzene rings is 2. The number of ketones is 1. The van der Waals surface area contributed by atoms with Gasteiger partial charge in [0, 0.05) is 22.6 Å². The second-order valence-electron chi connectivity index (χ2n) is 8.46. The summed E-state index contributed by atoms with van der Waals surface area (Å²) >= 11 is 0. The highest BCUT2D eigenvalue weighted by Gasteiger charge is 2.28. The molecule has 0 amide bonds. The topological polar surface area (TPSA) is 108 Å². The molecule has 1 aromatic heterocycles. The predicted octanol–water partition coefficient (Wildman–Crippen LogP) is 4.30. The maximum absolute atomic E-state index is 13.0. The first-order chi connectivity index (χ1) is 16.0. The molecule has 0 saturated carbocycles. The van der Waals surface area contributed by atoms with E-state index in [1.165, 1.54) is 12.1 Å². The monoisotopic (exact) mass is 482 g/mol. The quantitative estimate of drug-likeness (QED) is 0.361. The van der Waals surface area contributed by atoms with E-state index in [-0.39, 0.29) is 23.2 Å². The van der Waals surface area contributed by atoms with E-state index in [1.54, 1.807) is 25.1 Å². The minimum atomic E-state index is -3.79. The first-order valence-corrected chi connectivity index (χ1v) is 12.7. The van der Waals surface area contributed by atoms with Gasteiger partial charge in [-0.05, 0) is 55.7 Å². The molecule has 0 fully saturated rings. The highest BCUT2D eigenvalue weighted by molar-refractivity contribution is 7.89. The van der Waals surface area contributed by atoms with Crippen molar-refractivity contribution in [2.45, 2.75) is 44.9 Å². The molecule has 180 valence electrons. The molecule has 2 N–H and O–H groups in total. The molecule has 0 aliphatic rings. The van der Waals surface area contributed by atoms with Crippen molar-refractivity contribution in [2.24, 2.45) is 11.1 Å². The van der Waals surface area contributed by atoms with Gasteiger partial charge in [0.05, 0.1) is 10.8 Å². The molecule has 0 spiro atoms. The number of aryl methyl sites for hydroxylation is 1. The number of carbonyl (C=O) groups is 2. The first-order valence-electron chi connectivity index (χ1n) is 11.1. The molecule has 2 atom stereocenters. The van der Waals surface area contributed by atoms with Crippen LogP contribution in [0, 0.1) is 19.8 Å². The molecule has 0 saturated heterocycles. The summed E-state index contributed by atoms with van der Waals surface area (Å²) in [6.07, 6.45) is 0.800. The van der Waals surface area contributed by atoms with Gasteiger partial charge in [-0.15, -0.1) is 0 Å². The molecule has 0 aliphatic heterocycles. The number of aromatic nitrogens is 1. The number of carbonyl (C=O) groups excluding carboxylic acids is 2. The van der Waals surface area contributed by atoms with Crippen LogP contribution >= 0.6 is 0 Å². The summed E-state index contributed by atoms with van der Waals surface area (Å²) in [6.45, 7) is 7.30. The van der Waals surface area contributed by atoms with Gasteiger partial charge in [0.1, 0.15) is 0 Å². The largest absolute Gasteiger partial charge is 0.457 e. The van der Waals surface area contributed by atoms with Gasteiger partial charge in [-0.1, -0.05) is 50.6 Å². The van der Waals surface area contributed by atoms with Crippen molar-refractivity contribution in [1.82, 2.24) is 4.57 Å². The van der Waals surface area contributed by atoms with Gasteiger partial charge in [-0.3, -0.25) is 9.59 Å². The van der Waals surface area contributed by atoms with Crippen LogP contribution < -0.4 is 5.14 Å². The highest BCUT2D eigenvalue weighted by Crippen LogP contribution is 2.29. The van der Waals surface area contributed by atoms with E-state index in [0.29, 0.717) is 16.9 Å². The van der Waals surface area contributed by atoms with Crippen molar-refractivity contribution in [3.8, 4) is 5.69 Å². The van der Waals surface area contributed by atoms with E-state index >= 15 is 0 Å². The van der Waals surface area contributed by atoms with Crippen molar-refractivity contribution >= 4 is 21.8 Å². The smallest absolute Gasteiger partial charge is 0.314 e. The Morgan fingerprint density at radius 2 is 1.65 bits per heavy atom. The van der Waals surface area contributed by atoms with Gasteiger partial charge >= 0.3 is 5.97 Å². The van der Waals surface area contributed by atoms with Crippen molar-refractivity contribution in [3.05, 3.63) is 83.2 Å². The van der Waals surface area contributed by atoms with Crippen LogP contribution in [-0.4, -0.2) is 31.3 Å². The predicted molar refractivity (Wildman–Crippen MR) is 131 cm³/mol. The van der Waals surface area contributed by atoms with E-state index in [2.05, 4.69) is 0 Å². The molecule has 7 nitrogen and oxygen atoms in total. The van der Waals surface area contributed by atoms with Gasteiger partial charge in [-0.25, -0.2) is 13.6 Å². The Labute approximate surface area is 200 Å². The molecule has 3 rings (SSSR count). The Bertz CT molecular complexity index is 1280. The third kappa shape index (κ3) is 5.46. The van der Waals surface area contributed by atoms with Crippen LogP contribution in [0.2, 0.25) is 0 Å². The summed E-state index contributed by atoms with van der Waals surface area (Å²) in [5.74, 6) is -1.09. The number of ether oxygens (including phenoxy) is 1. The second-order valence-corrected chi connectivity index (χ2v) is 10.0. The summed E-state index contributed by atoms with van der Waals surface area (Å²) < 4.78 is 30.4. The Balaban J connectivity index is 1.79. The number of nitrogens with two attached hydrogens (primary N) is 1. The normalized spacial score (nSPS) is 13.3. The lowest BCUT2D eigenvalue weighted by Gasteiger charge is -2.21. The van der Waals surface area contributed by atoms with Crippen molar-refractivity contribution in [2.75, 3.05) is 6.61 Å². The van der Waals surface area contributed by atoms with E-state index in [4.69, 9.17) is 9.88 Å². The van der Waals surface area contributed by atoms with E-state index < -0.39 is 21.9 Å². The van der Waals surface area contributed by atoms with Crippen LogP contribution in [0.5, 0.6) is 0 Å². The maximum Gasteiger partial charge on any atom is 0.314 e. The molecule has 0 unspecified atom stereocenters. The maximum atomic E-state index is 13.0. The Kier molecular flexibility index (Phi) is 7.74. The van der Waals surface area contributed by atoms with E-state index in [9.17, 15) is 18.0 Å². The number of nitrogens with zero attached hydrogens (tertiary/aromatic N) is 1. The molecule has 0 bridgehead atoms. The molecule has 8 heteroatoms. The van der Waals surface area contributed by atoms with Crippen molar-refractivity contribution < 1.29 is 22.7 Å². The fourth-order valence-corrected chi connectivity index (χ4v) is 4.64. The lowest BCUT2D eigenvalue weighted by molar-refractivity contribution is -0.145. The zero-order valence-corrected chi connectivity index (χ0v) is 20.6. The molecule has 0 radical (unpaired) electrons. The van der Waals surface area contributed by atoms with Crippen LogP contribution in [0.15, 0.2) is 65.6 Å². The standard InChI is InChI=1S/C26H30N2O5S/c1-5-17(2)25(20-9-7-6-8-10-20)26(30)33-16-24(29)23-15-18(3)28(19(23)4)21-11-13-22(14-12-21)34(27,31)32/h6-15,17,25H,5,16H2,1-4H3,(H2,27,31,32)/t17-,25+/m0/s1. The number of hydrogen-bond acceptors (Lipinski definition) is 5. The minimum Gasteiger partial charge on any atom is -0.457 e. The SMILES string of the molecule is CC[C@H](C)[C@@H](C(=O)OCC(=O)c1cc(C)n(-c2ccc(S(N)(=O)=O)cc2)c1C)c1ccccc1. The Morgan fingerprint density at radius 3 is 2.21 bits per heavy atom. The summed E-state index contributed by atoms with van der Waals surface area (Å²) in [5.41, 5.74) is 3.47. The minimum absolute atomic E-state index is 0.0104. The zero-order valence-electron chi connectivity index (χ0n) is 19.8. The third-order valence-electron chi connectivity index (χ3n) is 6.13. The molecule has 1 heterocycles. The highest BCUT2D eigenvalue weighted by atomic mass is 32.2. The van der Waals surface area contributed by atoms with Crippen molar-refractivity contribution in [1.29, 1.82) is 0 Å². The third-order valence-corrected chi connectivity index (χ3v) is 7.06. The number of sulfonamides is 1. The summed E-state index contributed by atoms with van der Waals surface area (Å²) in [7, 11) is -3.79. The molecule has 3 aromatic rings. The number of Topliss-reactive ketones (excluding diaryl/α,β-unsaturated/α-hetero) is 1. The molecular weight excluding hydrogens is 452 g/mol. The number of primary sulfonamides is 1. The van der Waals surface area contributed by atoms with Crippen LogP contribution in [0.25, 0.3) is 5.69 Å². The fraction of sp³-hybridized carbons (Fsp3) is 0.308. The number of esters is 1. The molecule has 2 aromatic carbocycles. The lowest BCUT2D eigenvalue weighted by Crippen LogP contribution is -2.24. The van der Waals surface area contributed by atoms with E-state index in [0.717, 1.165) is 17.7 Å². The van der Waals surface area contributed by atoms with Gasteiger partial charge in [0.15, 0.2) is 6.61 Å². The Morgan fingerprint density at radius 1 is 1.03 bits per heavy atom. The van der Waals surface area contributed by atoms with Gasteiger partial charge < -0.3 is 9.30 Å². The van der Waals surface area contributed by atoms with Crippen LogP contribution in [0.4, 0.5) is 0 Å². The zero-order chi connectivity index (χ0) is 25.0. The number of hydrogen-bond donors (Lipinski definition) is 1. The van der Waals surface area contributed by atoms with Gasteiger partial charge in [0.2, 0.25) is 15.8 Å². The average molecular weight is 483 g/mol.